The van der Waals surface area contributed by atoms with Gasteiger partial charge in [-0.25, -0.2) is 0 Å². The van der Waals surface area contributed by atoms with Gasteiger partial charge in [0.05, 0.1) is 21.8 Å². The number of alkyl halides is 3. The van der Waals surface area contributed by atoms with Gasteiger partial charge in [0, 0.05) is 5.69 Å². The molecule has 0 fully saturated rings. The molecule has 2 aromatic rings. The number of nitrogen functional groups attached to an aromatic ring is 1. The molecule has 1 aromatic carbocycles. The summed E-state index contributed by atoms with van der Waals surface area (Å²) in [5.74, 6) is 0.0775. The third kappa shape index (κ3) is 2.45. The zero-order valence-electron chi connectivity index (χ0n) is 11.2. The maximum absolute atomic E-state index is 12.8. The molecule has 3 nitrogen and oxygen atoms in total. The Labute approximate surface area is 124 Å². The van der Waals surface area contributed by atoms with Crippen LogP contribution in [0.4, 0.5) is 19.0 Å². The first kappa shape index (κ1) is 15.3. The van der Waals surface area contributed by atoms with E-state index in [0.29, 0.717) is 11.3 Å². The van der Waals surface area contributed by atoms with Crippen molar-refractivity contribution in [1.29, 1.82) is 5.26 Å². The Morgan fingerprint density at radius 3 is 2.38 bits per heavy atom. The first-order valence-corrected chi connectivity index (χ1v) is 6.31. The molecule has 1 heterocycles. The van der Waals surface area contributed by atoms with E-state index < -0.39 is 11.7 Å². The van der Waals surface area contributed by atoms with Crippen LogP contribution in [0, 0.1) is 25.2 Å². The molecule has 0 unspecified atom stereocenters. The summed E-state index contributed by atoms with van der Waals surface area (Å²) in [6.45, 7) is 3.35. The van der Waals surface area contributed by atoms with Crippen molar-refractivity contribution in [2.45, 2.75) is 20.0 Å². The minimum absolute atomic E-state index is 0.0775. The van der Waals surface area contributed by atoms with Gasteiger partial charge in [-0.3, -0.25) is 4.57 Å². The largest absolute Gasteiger partial charge is 0.416 e. The summed E-state index contributed by atoms with van der Waals surface area (Å²) in [6.07, 6.45) is -4.48. The van der Waals surface area contributed by atoms with Crippen LogP contribution < -0.4 is 5.73 Å². The molecule has 0 aliphatic carbocycles. The van der Waals surface area contributed by atoms with E-state index in [1.807, 2.05) is 6.07 Å². The summed E-state index contributed by atoms with van der Waals surface area (Å²) in [4.78, 5) is 0. The van der Waals surface area contributed by atoms with Crippen molar-refractivity contribution in [2.75, 3.05) is 5.73 Å². The van der Waals surface area contributed by atoms with E-state index in [0.717, 1.165) is 12.1 Å². The maximum atomic E-state index is 12.8. The zero-order valence-corrected chi connectivity index (χ0v) is 12.0. The summed E-state index contributed by atoms with van der Waals surface area (Å²) in [5.41, 5.74) is 6.58. The second kappa shape index (κ2) is 5.01. The molecular formula is C14H11ClF3N3. The topological polar surface area (TPSA) is 54.7 Å². The summed E-state index contributed by atoms with van der Waals surface area (Å²) < 4.78 is 39.9. The predicted octanol–water partition coefficient (Wildman–Crippen LogP) is 4.22. The maximum Gasteiger partial charge on any atom is 0.416 e. The minimum atomic E-state index is -4.48. The van der Waals surface area contributed by atoms with Gasteiger partial charge in [-0.15, -0.1) is 0 Å². The van der Waals surface area contributed by atoms with Gasteiger partial charge in [0.25, 0.3) is 0 Å². The van der Waals surface area contributed by atoms with Crippen LogP contribution >= 0.6 is 11.6 Å². The third-order valence-corrected chi connectivity index (χ3v) is 3.70. The highest BCUT2D eigenvalue weighted by molar-refractivity contribution is 6.32. The molecule has 1 aromatic heterocycles. The van der Waals surface area contributed by atoms with Crippen molar-refractivity contribution in [3.8, 4) is 11.8 Å². The van der Waals surface area contributed by atoms with E-state index in [1.165, 1.54) is 10.6 Å². The highest BCUT2D eigenvalue weighted by Gasteiger charge is 2.31. The normalized spacial score (nSPS) is 11.5. The molecule has 7 heteroatoms. The number of anilines is 1. The SMILES string of the molecule is Cc1c(C#N)c(N)n(-c2cc(C(F)(F)F)ccc2Cl)c1C. The van der Waals surface area contributed by atoms with Crippen LogP contribution in [0.25, 0.3) is 5.69 Å². The molecule has 0 spiro atoms. The van der Waals surface area contributed by atoms with Gasteiger partial charge in [-0.2, -0.15) is 18.4 Å². The van der Waals surface area contributed by atoms with Gasteiger partial charge >= 0.3 is 6.18 Å². The fourth-order valence-electron chi connectivity index (χ4n) is 2.15. The Morgan fingerprint density at radius 2 is 1.90 bits per heavy atom. The Kier molecular flexibility index (Phi) is 3.64. The molecule has 2 N–H and O–H groups in total. The Hall–Kier alpha value is -2.13. The molecule has 0 amide bonds. The summed E-state index contributed by atoms with van der Waals surface area (Å²) in [5, 5.41) is 9.20. The van der Waals surface area contributed by atoms with Crippen LogP contribution in [0.1, 0.15) is 22.4 Å². The van der Waals surface area contributed by atoms with Gasteiger partial charge in [0.2, 0.25) is 0 Å². The van der Waals surface area contributed by atoms with Gasteiger partial charge in [0.15, 0.2) is 0 Å². The number of aromatic nitrogens is 1. The van der Waals surface area contributed by atoms with E-state index in [1.54, 1.807) is 13.8 Å². The third-order valence-electron chi connectivity index (χ3n) is 3.38. The quantitative estimate of drug-likeness (QED) is 0.857. The number of halogens is 4. The first-order valence-electron chi connectivity index (χ1n) is 5.93. The second-order valence-corrected chi connectivity index (χ2v) is 4.99. The zero-order chi connectivity index (χ0) is 15.9. The average molecular weight is 314 g/mol. The molecule has 0 aliphatic heterocycles. The van der Waals surface area contributed by atoms with E-state index in [-0.39, 0.29) is 22.1 Å². The van der Waals surface area contributed by atoms with Gasteiger partial charge < -0.3 is 5.73 Å². The standard InChI is InChI=1S/C14H11ClF3N3/c1-7-8(2)21(13(20)10(7)6-19)12-5-9(14(16,17)18)3-4-11(12)15/h3-5H,20H2,1-2H3. The van der Waals surface area contributed by atoms with Crippen LogP contribution in [0.5, 0.6) is 0 Å². The lowest BCUT2D eigenvalue weighted by molar-refractivity contribution is -0.137. The Morgan fingerprint density at radius 1 is 1.29 bits per heavy atom. The molecule has 0 saturated heterocycles. The van der Waals surface area contributed by atoms with E-state index in [4.69, 9.17) is 22.6 Å². The monoisotopic (exact) mass is 313 g/mol. The number of hydrogen-bond acceptors (Lipinski definition) is 2. The molecule has 0 atom stereocenters. The van der Waals surface area contributed by atoms with Gasteiger partial charge in [0.1, 0.15) is 11.9 Å². The average Bonchev–Trinajstić information content (AvgIpc) is 2.60. The Bertz CT molecular complexity index is 754. The van der Waals surface area contributed by atoms with Crippen molar-refractivity contribution in [1.82, 2.24) is 4.57 Å². The second-order valence-electron chi connectivity index (χ2n) is 4.58. The molecule has 110 valence electrons. The van der Waals surface area contributed by atoms with Crippen molar-refractivity contribution in [3.05, 3.63) is 45.6 Å². The van der Waals surface area contributed by atoms with Crippen molar-refractivity contribution < 1.29 is 13.2 Å². The van der Waals surface area contributed by atoms with Crippen LogP contribution in [-0.2, 0) is 6.18 Å². The molecule has 0 radical (unpaired) electrons. The Balaban J connectivity index is 2.77. The number of nitrogens with two attached hydrogens (primary N) is 1. The molecule has 21 heavy (non-hydrogen) atoms. The lowest BCUT2D eigenvalue weighted by Crippen LogP contribution is -2.08. The van der Waals surface area contributed by atoms with Gasteiger partial charge in [-0.1, -0.05) is 11.6 Å². The number of nitrogens with zero attached hydrogens (tertiary/aromatic N) is 2. The molecule has 2 rings (SSSR count). The number of nitriles is 1. The molecule has 0 saturated carbocycles. The van der Waals surface area contributed by atoms with Crippen LogP contribution in [-0.4, -0.2) is 4.57 Å². The smallest absolute Gasteiger partial charge is 0.384 e. The summed E-state index contributed by atoms with van der Waals surface area (Å²) >= 11 is 6.00. The van der Waals surface area contributed by atoms with E-state index >= 15 is 0 Å². The van der Waals surface area contributed by atoms with Crippen molar-refractivity contribution in [3.63, 3.8) is 0 Å². The van der Waals surface area contributed by atoms with E-state index in [9.17, 15) is 13.2 Å². The molecular weight excluding hydrogens is 303 g/mol. The van der Waals surface area contributed by atoms with Crippen molar-refractivity contribution in [2.24, 2.45) is 0 Å². The summed E-state index contributed by atoms with van der Waals surface area (Å²) in [7, 11) is 0. The van der Waals surface area contributed by atoms with Gasteiger partial charge in [-0.05, 0) is 37.6 Å². The van der Waals surface area contributed by atoms with Crippen LogP contribution in [0.2, 0.25) is 5.02 Å². The van der Waals surface area contributed by atoms with Crippen molar-refractivity contribution >= 4 is 17.4 Å². The highest BCUT2D eigenvalue weighted by Crippen LogP contribution is 2.36. The van der Waals surface area contributed by atoms with Crippen LogP contribution in [0.15, 0.2) is 18.2 Å². The minimum Gasteiger partial charge on any atom is -0.384 e. The highest BCUT2D eigenvalue weighted by atomic mass is 35.5. The fourth-order valence-corrected chi connectivity index (χ4v) is 2.35. The lowest BCUT2D eigenvalue weighted by Gasteiger charge is -2.14. The number of rotatable bonds is 1. The number of hydrogen-bond donors (Lipinski definition) is 1. The van der Waals surface area contributed by atoms with Crippen LogP contribution in [0.3, 0.4) is 0 Å². The predicted molar refractivity (Wildman–Crippen MR) is 74.4 cm³/mol. The molecule has 0 bridgehead atoms. The first-order chi connectivity index (χ1) is 9.68. The van der Waals surface area contributed by atoms with E-state index in [2.05, 4.69) is 0 Å². The lowest BCUT2D eigenvalue weighted by atomic mass is 10.2. The summed E-state index contributed by atoms with van der Waals surface area (Å²) in [6, 6.07) is 4.94. The molecule has 0 aliphatic rings. The fraction of sp³-hybridized carbons (Fsp3) is 0.214. The number of benzene rings is 1.